The number of nitrogens with one attached hydrogen (secondary N) is 2. The smallest absolute Gasteiger partial charge is 0.347 e. The quantitative estimate of drug-likeness (QED) is 0.766. The van der Waals surface area contributed by atoms with E-state index >= 15 is 0 Å². The summed E-state index contributed by atoms with van der Waals surface area (Å²) in [6.45, 7) is -0.500. The van der Waals surface area contributed by atoms with Crippen molar-refractivity contribution in [2.75, 3.05) is 11.9 Å². The predicted octanol–water partition coefficient (Wildman–Crippen LogP) is 3.80. The molecule has 138 valence electrons. The second-order valence-corrected chi connectivity index (χ2v) is 5.69. The van der Waals surface area contributed by atoms with Gasteiger partial charge in [-0.15, -0.1) is 0 Å². The summed E-state index contributed by atoms with van der Waals surface area (Å²) in [4.78, 5) is 23.6. The average molecular weight is 389 g/mol. The Balaban J connectivity index is 1.93. The van der Waals surface area contributed by atoms with E-state index in [0.717, 1.165) is 12.1 Å². The number of halogens is 5. The summed E-state index contributed by atoms with van der Waals surface area (Å²) >= 11 is 5.77. The summed E-state index contributed by atoms with van der Waals surface area (Å²) in [6, 6.07) is 8.16. The van der Waals surface area contributed by atoms with Gasteiger partial charge in [-0.25, -0.2) is 4.39 Å². The molecule has 26 heavy (non-hydrogen) atoms. The van der Waals surface area contributed by atoms with Gasteiger partial charge < -0.3 is 10.6 Å². The Hall–Kier alpha value is -2.61. The van der Waals surface area contributed by atoms with Crippen LogP contribution in [0.4, 0.5) is 23.2 Å². The zero-order valence-electron chi connectivity index (χ0n) is 13.2. The fourth-order valence-corrected chi connectivity index (χ4v) is 2.21. The monoisotopic (exact) mass is 388 g/mol. The zero-order valence-corrected chi connectivity index (χ0v) is 13.9. The summed E-state index contributed by atoms with van der Waals surface area (Å²) in [5.41, 5.74) is -1.04. The Labute approximate surface area is 151 Å². The number of alkyl halides is 3. The standard InChI is InChI=1S/C17H13ClF4N2O2/c18-12-6-5-11(17(20,21)22)8-14(12)24-16(26)9-23-15(25)7-10-3-1-2-4-13(10)19/h1-6,8H,7,9H2,(H,23,25)(H,24,26). The Bertz CT molecular complexity index is 825. The van der Waals surface area contributed by atoms with Gasteiger partial charge in [0.15, 0.2) is 0 Å². The van der Waals surface area contributed by atoms with E-state index in [0.29, 0.717) is 6.07 Å². The lowest BCUT2D eigenvalue weighted by atomic mass is 10.1. The molecule has 0 saturated heterocycles. The molecule has 0 aliphatic carbocycles. The molecule has 0 atom stereocenters. The first-order chi connectivity index (χ1) is 12.2. The molecule has 4 nitrogen and oxygen atoms in total. The SMILES string of the molecule is O=C(Cc1ccccc1F)NCC(=O)Nc1cc(C(F)(F)F)ccc1Cl. The minimum atomic E-state index is -4.59. The number of benzene rings is 2. The van der Waals surface area contributed by atoms with Crippen molar-refractivity contribution in [3.63, 3.8) is 0 Å². The van der Waals surface area contributed by atoms with Gasteiger partial charge in [0.2, 0.25) is 11.8 Å². The third-order valence-corrected chi connectivity index (χ3v) is 3.65. The maximum atomic E-state index is 13.4. The fraction of sp³-hybridized carbons (Fsp3) is 0.176. The van der Waals surface area contributed by atoms with Gasteiger partial charge in [0.05, 0.1) is 29.2 Å². The molecule has 0 saturated carbocycles. The Morgan fingerprint density at radius 3 is 2.38 bits per heavy atom. The molecular formula is C17H13ClF4N2O2. The molecule has 2 aromatic carbocycles. The highest BCUT2D eigenvalue weighted by molar-refractivity contribution is 6.33. The van der Waals surface area contributed by atoms with Crippen LogP contribution < -0.4 is 10.6 Å². The van der Waals surface area contributed by atoms with Crippen LogP contribution in [0, 0.1) is 5.82 Å². The first-order valence-corrected chi connectivity index (χ1v) is 7.71. The van der Waals surface area contributed by atoms with E-state index in [2.05, 4.69) is 10.6 Å². The van der Waals surface area contributed by atoms with Crippen LogP contribution in [-0.2, 0) is 22.2 Å². The minimum absolute atomic E-state index is 0.0796. The van der Waals surface area contributed by atoms with Crippen LogP contribution in [0.3, 0.4) is 0 Å². The Morgan fingerprint density at radius 1 is 1.04 bits per heavy atom. The van der Waals surface area contributed by atoms with Crippen LogP contribution in [0.15, 0.2) is 42.5 Å². The molecule has 2 N–H and O–H groups in total. The summed E-state index contributed by atoms with van der Waals surface area (Å²) in [5.74, 6) is -1.93. The summed E-state index contributed by atoms with van der Waals surface area (Å²) < 4.78 is 51.5. The van der Waals surface area contributed by atoms with E-state index in [1.165, 1.54) is 18.2 Å². The maximum Gasteiger partial charge on any atom is 0.416 e. The van der Waals surface area contributed by atoms with E-state index < -0.39 is 35.9 Å². The molecule has 0 fully saturated rings. The molecule has 0 aromatic heterocycles. The highest BCUT2D eigenvalue weighted by atomic mass is 35.5. The number of amides is 2. The number of carbonyl (C=O) groups is 2. The van der Waals surface area contributed by atoms with Crippen LogP contribution in [0.1, 0.15) is 11.1 Å². The zero-order chi connectivity index (χ0) is 19.3. The second kappa shape index (κ2) is 8.18. The highest BCUT2D eigenvalue weighted by Crippen LogP contribution is 2.33. The molecule has 0 aliphatic heterocycles. The van der Waals surface area contributed by atoms with Crippen LogP contribution in [0.2, 0.25) is 5.02 Å². The van der Waals surface area contributed by atoms with E-state index in [1.54, 1.807) is 6.07 Å². The summed E-state index contributed by atoms with van der Waals surface area (Å²) in [5, 5.41) is 4.37. The van der Waals surface area contributed by atoms with Crippen molar-refractivity contribution in [2.45, 2.75) is 12.6 Å². The van der Waals surface area contributed by atoms with Crippen molar-refractivity contribution < 1.29 is 27.2 Å². The molecule has 0 heterocycles. The van der Waals surface area contributed by atoms with Gasteiger partial charge in [-0.1, -0.05) is 29.8 Å². The lowest BCUT2D eigenvalue weighted by Crippen LogP contribution is -2.34. The van der Waals surface area contributed by atoms with Gasteiger partial charge in [0.1, 0.15) is 5.82 Å². The number of hydrogen-bond acceptors (Lipinski definition) is 2. The normalized spacial score (nSPS) is 11.1. The van der Waals surface area contributed by atoms with E-state index in [-0.39, 0.29) is 22.7 Å². The number of anilines is 1. The highest BCUT2D eigenvalue weighted by Gasteiger charge is 2.31. The van der Waals surface area contributed by atoms with Crippen molar-refractivity contribution in [1.82, 2.24) is 5.32 Å². The fourth-order valence-electron chi connectivity index (χ4n) is 2.05. The van der Waals surface area contributed by atoms with Gasteiger partial charge in [-0.3, -0.25) is 9.59 Å². The Kier molecular flexibility index (Phi) is 6.20. The van der Waals surface area contributed by atoms with E-state index in [1.807, 2.05) is 0 Å². The number of hydrogen-bond donors (Lipinski definition) is 2. The average Bonchev–Trinajstić information content (AvgIpc) is 2.56. The Morgan fingerprint density at radius 2 is 1.73 bits per heavy atom. The molecule has 0 bridgehead atoms. The largest absolute Gasteiger partial charge is 0.416 e. The van der Waals surface area contributed by atoms with Gasteiger partial charge >= 0.3 is 6.18 Å². The van der Waals surface area contributed by atoms with Gasteiger partial charge in [0, 0.05) is 0 Å². The molecular weight excluding hydrogens is 376 g/mol. The molecule has 2 amide bonds. The first-order valence-electron chi connectivity index (χ1n) is 7.33. The molecule has 0 spiro atoms. The maximum absolute atomic E-state index is 13.4. The molecule has 2 rings (SSSR count). The third-order valence-electron chi connectivity index (χ3n) is 3.32. The predicted molar refractivity (Wildman–Crippen MR) is 88.2 cm³/mol. The lowest BCUT2D eigenvalue weighted by molar-refractivity contribution is -0.137. The first kappa shape index (κ1) is 19.7. The van der Waals surface area contributed by atoms with Crippen molar-refractivity contribution in [3.8, 4) is 0 Å². The van der Waals surface area contributed by atoms with Crippen molar-refractivity contribution >= 4 is 29.1 Å². The minimum Gasteiger partial charge on any atom is -0.347 e. The van der Waals surface area contributed by atoms with Crippen molar-refractivity contribution in [2.24, 2.45) is 0 Å². The third kappa shape index (κ3) is 5.45. The van der Waals surface area contributed by atoms with Crippen LogP contribution in [0.25, 0.3) is 0 Å². The number of carbonyl (C=O) groups excluding carboxylic acids is 2. The van der Waals surface area contributed by atoms with Crippen LogP contribution in [-0.4, -0.2) is 18.4 Å². The van der Waals surface area contributed by atoms with Crippen molar-refractivity contribution in [3.05, 3.63) is 64.4 Å². The van der Waals surface area contributed by atoms with E-state index in [4.69, 9.17) is 11.6 Å². The molecule has 0 aliphatic rings. The summed E-state index contributed by atoms with van der Waals surface area (Å²) in [6.07, 6.45) is -4.86. The molecule has 0 radical (unpaired) electrons. The second-order valence-electron chi connectivity index (χ2n) is 5.29. The topological polar surface area (TPSA) is 58.2 Å². The van der Waals surface area contributed by atoms with Gasteiger partial charge in [-0.2, -0.15) is 13.2 Å². The van der Waals surface area contributed by atoms with E-state index in [9.17, 15) is 27.2 Å². The van der Waals surface area contributed by atoms with Crippen LogP contribution >= 0.6 is 11.6 Å². The molecule has 9 heteroatoms. The summed E-state index contributed by atoms with van der Waals surface area (Å²) in [7, 11) is 0. The lowest BCUT2D eigenvalue weighted by Gasteiger charge is -2.12. The number of rotatable bonds is 5. The molecule has 2 aromatic rings. The van der Waals surface area contributed by atoms with Gasteiger partial charge in [0.25, 0.3) is 0 Å². The van der Waals surface area contributed by atoms with Crippen molar-refractivity contribution in [1.29, 1.82) is 0 Å². The molecule has 0 unspecified atom stereocenters. The van der Waals surface area contributed by atoms with Gasteiger partial charge in [-0.05, 0) is 29.8 Å². The van der Waals surface area contributed by atoms with Crippen LogP contribution in [0.5, 0.6) is 0 Å².